The molecular weight excluding hydrogens is 292 g/mol. The molecule has 0 radical (unpaired) electrons. The van der Waals surface area contributed by atoms with E-state index >= 15 is 0 Å². The largest absolute Gasteiger partial charge is 0.475 e. The summed E-state index contributed by atoms with van der Waals surface area (Å²) < 4.78 is 0.560. The van der Waals surface area contributed by atoms with Gasteiger partial charge in [0, 0.05) is 4.47 Å². The van der Waals surface area contributed by atoms with Gasteiger partial charge in [-0.3, -0.25) is 9.59 Å². The van der Waals surface area contributed by atoms with Crippen LogP contribution in [-0.4, -0.2) is 29.3 Å². The van der Waals surface area contributed by atoms with Crippen LogP contribution >= 0.6 is 15.9 Å². The van der Waals surface area contributed by atoms with Gasteiger partial charge in [0.2, 0.25) is 5.91 Å². The summed E-state index contributed by atoms with van der Waals surface area (Å²) in [5, 5.41) is 14.0. The molecule has 0 bridgehead atoms. The van der Waals surface area contributed by atoms with Gasteiger partial charge in [-0.05, 0) is 12.1 Å². The summed E-state index contributed by atoms with van der Waals surface area (Å²) >= 11 is 3.18. The number of benzene rings is 1. The van der Waals surface area contributed by atoms with Crippen LogP contribution in [0.3, 0.4) is 0 Å². The van der Waals surface area contributed by atoms with Gasteiger partial charge >= 0.3 is 5.97 Å². The van der Waals surface area contributed by atoms with E-state index in [1.165, 1.54) is 6.07 Å². The summed E-state index contributed by atoms with van der Waals surface area (Å²) in [6, 6.07) is 3.02. The van der Waals surface area contributed by atoms with E-state index in [1.807, 2.05) is 0 Å². The Morgan fingerprint density at radius 2 is 2.06 bits per heavy atom. The van der Waals surface area contributed by atoms with Gasteiger partial charge in [0.15, 0.2) is 0 Å². The van der Waals surface area contributed by atoms with E-state index in [2.05, 4.69) is 26.6 Å². The quantitative estimate of drug-likeness (QED) is 0.561. The number of carboxylic acids is 1. The number of anilines is 2. The van der Waals surface area contributed by atoms with Crippen molar-refractivity contribution >= 4 is 45.0 Å². The first kappa shape index (κ1) is 11.6. The SMILES string of the molecule is O=C1CNc2cc(Br)cc(C(=O)C(=O)O)c2N1. The lowest BCUT2D eigenvalue weighted by atomic mass is 10.1. The van der Waals surface area contributed by atoms with Crippen LogP contribution in [0.25, 0.3) is 0 Å². The molecule has 1 aliphatic heterocycles. The molecule has 1 heterocycles. The number of carbonyl (C=O) groups is 3. The van der Waals surface area contributed by atoms with E-state index in [9.17, 15) is 14.4 Å². The number of aliphatic carboxylic acids is 1. The fourth-order valence-electron chi connectivity index (χ4n) is 1.53. The van der Waals surface area contributed by atoms with Crippen LogP contribution in [0.4, 0.5) is 11.4 Å². The molecule has 0 saturated heterocycles. The molecule has 88 valence electrons. The zero-order valence-electron chi connectivity index (χ0n) is 8.41. The number of rotatable bonds is 2. The Hall–Kier alpha value is -1.89. The molecule has 0 spiro atoms. The second-order valence-corrected chi connectivity index (χ2v) is 4.33. The van der Waals surface area contributed by atoms with Crippen molar-refractivity contribution in [1.29, 1.82) is 0 Å². The summed E-state index contributed by atoms with van der Waals surface area (Å²) in [4.78, 5) is 33.4. The summed E-state index contributed by atoms with van der Waals surface area (Å²) in [5.74, 6) is -2.95. The van der Waals surface area contributed by atoms with Crippen molar-refractivity contribution < 1.29 is 19.5 Å². The third-order valence-electron chi connectivity index (χ3n) is 2.25. The molecule has 1 aliphatic rings. The van der Waals surface area contributed by atoms with Gasteiger partial charge in [-0.25, -0.2) is 4.79 Å². The van der Waals surface area contributed by atoms with Crippen LogP contribution < -0.4 is 10.6 Å². The molecule has 1 aromatic rings. The van der Waals surface area contributed by atoms with Crippen molar-refractivity contribution in [3.63, 3.8) is 0 Å². The Balaban J connectivity index is 2.58. The van der Waals surface area contributed by atoms with Gasteiger partial charge in [-0.1, -0.05) is 15.9 Å². The van der Waals surface area contributed by atoms with E-state index < -0.39 is 11.8 Å². The highest BCUT2D eigenvalue weighted by molar-refractivity contribution is 9.10. The number of fused-ring (bicyclic) bond motifs is 1. The van der Waals surface area contributed by atoms with Crippen molar-refractivity contribution in [2.75, 3.05) is 17.2 Å². The van der Waals surface area contributed by atoms with Crippen LogP contribution in [0.2, 0.25) is 0 Å². The first-order chi connectivity index (χ1) is 7.99. The first-order valence-corrected chi connectivity index (χ1v) is 5.43. The molecule has 1 aromatic carbocycles. The number of Topliss-reactive ketones (excluding diaryl/α,β-unsaturated/α-hetero) is 1. The van der Waals surface area contributed by atoms with E-state index in [-0.39, 0.29) is 23.7 Å². The molecule has 7 heteroatoms. The number of halogens is 1. The number of hydrogen-bond acceptors (Lipinski definition) is 4. The highest BCUT2D eigenvalue weighted by Crippen LogP contribution is 2.32. The maximum atomic E-state index is 11.5. The summed E-state index contributed by atoms with van der Waals surface area (Å²) in [6.07, 6.45) is 0. The van der Waals surface area contributed by atoms with Crippen molar-refractivity contribution in [3.8, 4) is 0 Å². The fourth-order valence-corrected chi connectivity index (χ4v) is 1.99. The number of hydrogen-bond donors (Lipinski definition) is 3. The minimum absolute atomic E-state index is 0.0533. The second kappa shape index (κ2) is 4.17. The predicted molar refractivity (Wildman–Crippen MR) is 63.2 cm³/mol. The van der Waals surface area contributed by atoms with Gasteiger partial charge in [0.25, 0.3) is 5.78 Å². The molecule has 0 saturated carbocycles. The molecular formula is C10H7BrN2O4. The highest BCUT2D eigenvalue weighted by atomic mass is 79.9. The number of carbonyl (C=O) groups excluding carboxylic acids is 2. The molecule has 0 atom stereocenters. The van der Waals surface area contributed by atoms with Crippen LogP contribution in [0.5, 0.6) is 0 Å². The molecule has 0 aliphatic carbocycles. The zero-order valence-corrected chi connectivity index (χ0v) is 10.00. The van der Waals surface area contributed by atoms with Crippen molar-refractivity contribution in [2.45, 2.75) is 0 Å². The summed E-state index contributed by atoms with van der Waals surface area (Å²) in [6.45, 7) is 0.0875. The highest BCUT2D eigenvalue weighted by Gasteiger charge is 2.25. The van der Waals surface area contributed by atoms with Crippen molar-refractivity contribution in [1.82, 2.24) is 0 Å². The lowest BCUT2D eigenvalue weighted by Crippen LogP contribution is -2.29. The Kier molecular flexibility index (Phi) is 2.84. The first-order valence-electron chi connectivity index (χ1n) is 4.64. The zero-order chi connectivity index (χ0) is 12.6. The molecule has 2 rings (SSSR count). The molecule has 17 heavy (non-hydrogen) atoms. The third kappa shape index (κ3) is 2.14. The van der Waals surface area contributed by atoms with Crippen LogP contribution in [0, 0.1) is 0 Å². The number of carboxylic acid groups (broad SMARTS) is 1. The lowest BCUT2D eigenvalue weighted by molar-refractivity contribution is -0.131. The third-order valence-corrected chi connectivity index (χ3v) is 2.70. The monoisotopic (exact) mass is 298 g/mol. The Morgan fingerprint density at radius 3 is 2.71 bits per heavy atom. The topological polar surface area (TPSA) is 95.5 Å². The lowest BCUT2D eigenvalue weighted by Gasteiger charge is -2.21. The Morgan fingerprint density at radius 1 is 1.35 bits per heavy atom. The Labute approximate surface area is 104 Å². The maximum Gasteiger partial charge on any atom is 0.377 e. The van der Waals surface area contributed by atoms with Gasteiger partial charge < -0.3 is 15.7 Å². The molecule has 1 amide bonds. The number of amides is 1. The normalized spacial score (nSPS) is 13.4. The minimum Gasteiger partial charge on any atom is -0.475 e. The molecule has 3 N–H and O–H groups in total. The van der Waals surface area contributed by atoms with Crippen LogP contribution in [0.1, 0.15) is 10.4 Å². The standard InChI is InChI=1S/C10H7BrN2O4/c11-4-1-5(9(15)10(16)17)8-6(2-4)12-3-7(14)13-8/h1-2,12H,3H2,(H,13,14)(H,16,17). The smallest absolute Gasteiger partial charge is 0.377 e. The maximum absolute atomic E-state index is 11.5. The van der Waals surface area contributed by atoms with E-state index in [4.69, 9.17) is 5.11 Å². The molecule has 6 nitrogen and oxygen atoms in total. The van der Waals surface area contributed by atoms with E-state index in [0.717, 1.165) is 0 Å². The summed E-state index contributed by atoms with van der Waals surface area (Å²) in [5.41, 5.74) is 0.669. The molecule has 0 fully saturated rings. The van der Waals surface area contributed by atoms with Gasteiger partial charge in [-0.2, -0.15) is 0 Å². The molecule has 0 unspecified atom stereocenters. The predicted octanol–water partition coefficient (Wildman–Crippen LogP) is 1.08. The Bertz CT molecular complexity index is 541. The van der Waals surface area contributed by atoms with Gasteiger partial charge in [0.1, 0.15) is 0 Å². The second-order valence-electron chi connectivity index (χ2n) is 3.41. The van der Waals surface area contributed by atoms with Crippen molar-refractivity contribution in [2.24, 2.45) is 0 Å². The number of ketones is 1. The summed E-state index contributed by atoms with van der Waals surface area (Å²) in [7, 11) is 0. The van der Waals surface area contributed by atoms with Gasteiger partial charge in [-0.15, -0.1) is 0 Å². The van der Waals surface area contributed by atoms with E-state index in [1.54, 1.807) is 6.07 Å². The van der Waals surface area contributed by atoms with Crippen LogP contribution in [-0.2, 0) is 9.59 Å². The average molecular weight is 299 g/mol. The average Bonchev–Trinajstić information content (AvgIpc) is 2.27. The van der Waals surface area contributed by atoms with Gasteiger partial charge in [0.05, 0.1) is 23.5 Å². The van der Waals surface area contributed by atoms with Crippen molar-refractivity contribution in [3.05, 3.63) is 22.2 Å². The van der Waals surface area contributed by atoms with Crippen LogP contribution in [0.15, 0.2) is 16.6 Å². The molecule has 0 aromatic heterocycles. The number of nitrogens with one attached hydrogen (secondary N) is 2. The fraction of sp³-hybridized carbons (Fsp3) is 0.100. The van der Waals surface area contributed by atoms with E-state index in [0.29, 0.717) is 10.2 Å². The minimum atomic E-state index is -1.56.